The zero-order valence-electron chi connectivity index (χ0n) is 11.2. The van der Waals surface area contributed by atoms with Gasteiger partial charge in [0.1, 0.15) is 5.82 Å². The van der Waals surface area contributed by atoms with Gasteiger partial charge >= 0.3 is 0 Å². The standard InChI is InChI=1S/C13H23N3S/c1-8(2)12-14-15-13(17)16(12)11-6-9(3)5-10(4)7-11/h8-11H,5-7H2,1-4H3,(H,15,17). The van der Waals surface area contributed by atoms with Gasteiger partial charge < -0.3 is 4.57 Å². The van der Waals surface area contributed by atoms with Gasteiger partial charge in [0.2, 0.25) is 0 Å². The van der Waals surface area contributed by atoms with Gasteiger partial charge in [-0.15, -0.1) is 0 Å². The summed E-state index contributed by atoms with van der Waals surface area (Å²) in [6, 6.07) is 0.539. The quantitative estimate of drug-likeness (QED) is 0.806. The summed E-state index contributed by atoms with van der Waals surface area (Å²) in [7, 11) is 0. The average Bonchev–Trinajstić information content (AvgIpc) is 2.58. The molecule has 1 aliphatic rings. The molecule has 2 atom stereocenters. The molecule has 0 amide bonds. The van der Waals surface area contributed by atoms with Gasteiger partial charge in [-0.1, -0.05) is 27.7 Å². The van der Waals surface area contributed by atoms with E-state index in [1.54, 1.807) is 0 Å². The molecule has 2 unspecified atom stereocenters. The summed E-state index contributed by atoms with van der Waals surface area (Å²) in [4.78, 5) is 0. The Bertz CT molecular complexity index is 422. The van der Waals surface area contributed by atoms with Crippen molar-refractivity contribution in [1.29, 1.82) is 0 Å². The van der Waals surface area contributed by atoms with Gasteiger partial charge in [0.15, 0.2) is 4.77 Å². The Kier molecular flexibility index (Phi) is 3.71. The van der Waals surface area contributed by atoms with Gasteiger partial charge in [0.05, 0.1) is 0 Å². The molecule has 0 aliphatic heterocycles. The molecule has 0 saturated heterocycles. The lowest BCUT2D eigenvalue weighted by Gasteiger charge is -2.33. The lowest BCUT2D eigenvalue weighted by Crippen LogP contribution is -2.24. The molecule has 0 aromatic carbocycles. The van der Waals surface area contributed by atoms with E-state index in [2.05, 4.69) is 42.5 Å². The van der Waals surface area contributed by atoms with E-state index in [0.29, 0.717) is 12.0 Å². The maximum absolute atomic E-state index is 5.40. The fourth-order valence-corrected chi connectivity index (χ4v) is 3.48. The lowest BCUT2D eigenvalue weighted by atomic mass is 9.80. The number of aromatic nitrogens is 3. The van der Waals surface area contributed by atoms with E-state index >= 15 is 0 Å². The maximum atomic E-state index is 5.40. The van der Waals surface area contributed by atoms with Crippen molar-refractivity contribution in [2.24, 2.45) is 11.8 Å². The van der Waals surface area contributed by atoms with Crippen molar-refractivity contribution >= 4 is 12.2 Å². The fraction of sp³-hybridized carbons (Fsp3) is 0.846. The molecule has 1 aromatic rings. The second kappa shape index (κ2) is 4.92. The molecule has 2 rings (SSSR count). The molecule has 3 nitrogen and oxygen atoms in total. The molecule has 1 aromatic heterocycles. The van der Waals surface area contributed by atoms with Crippen LogP contribution in [0.1, 0.15) is 64.7 Å². The van der Waals surface area contributed by atoms with Crippen molar-refractivity contribution in [2.75, 3.05) is 0 Å². The first kappa shape index (κ1) is 12.8. The van der Waals surface area contributed by atoms with Gasteiger partial charge in [-0.25, -0.2) is 0 Å². The van der Waals surface area contributed by atoms with E-state index < -0.39 is 0 Å². The largest absolute Gasteiger partial charge is 0.301 e. The Balaban J connectivity index is 2.32. The Labute approximate surface area is 109 Å². The number of hydrogen-bond acceptors (Lipinski definition) is 2. The van der Waals surface area contributed by atoms with Crippen molar-refractivity contribution in [3.8, 4) is 0 Å². The molecule has 1 aliphatic carbocycles. The first-order valence-corrected chi connectivity index (χ1v) is 7.06. The molecule has 1 fully saturated rings. The molecule has 17 heavy (non-hydrogen) atoms. The third-order valence-electron chi connectivity index (χ3n) is 3.77. The van der Waals surface area contributed by atoms with E-state index in [9.17, 15) is 0 Å². The molecule has 4 heteroatoms. The third kappa shape index (κ3) is 2.62. The van der Waals surface area contributed by atoms with E-state index in [-0.39, 0.29) is 0 Å². The molecule has 0 spiro atoms. The van der Waals surface area contributed by atoms with Crippen LogP contribution in [0.4, 0.5) is 0 Å². The van der Waals surface area contributed by atoms with Crippen molar-refractivity contribution in [3.05, 3.63) is 10.6 Å². The molecular formula is C13H23N3S. The van der Waals surface area contributed by atoms with Crippen LogP contribution in [0, 0.1) is 16.6 Å². The van der Waals surface area contributed by atoms with Gasteiger partial charge in [0, 0.05) is 12.0 Å². The summed E-state index contributed by atoms with van der Waals surface area (Å²) < 4.78 is 3.06. The van der Waals surface area contributed by atoms with Gasteiger partial charge in [-0.3, -0.25) is 5.10 Å². The topological polar surface area (TPSA) is 33.6 Å². The monoisotopic (exact) mass is 253 g/mol. The number of H-pyrrole nitrogens is 1. The highest BCUT2D eigenvalue weighted by molar-refractivity contribution is 7.71. The zero-order valence-corrected chi connectivity index (χ0v) is 12.0. The van der Waals surface area contributed by atoms with E-state index in [4.69, 9.17) is 12.2 Å². The predicted molar refractivity (Wildman–Crippen MR) is 72.7 cm³/mol. The van der Waals surface area contributed by atoms with Crippen molar-refractivity contribution in [2.45, 2.75) is 58.9 Å². The lowest BCUT2D eigenvalue weighted by molar-refractivity contribution is 0.216. The van der Waals surface area contributed by atoms with Crippen LogP contribution in [-0.4, -0.2) is 14.8 Å². The number of nitrogens with zero attached hydrogens (tertiary/aromatic N) is 2. The van der Waals surface area contributed by atoms with Crippen LogP contribution in [0.2, 0.25) is 0 Å². The predicted octanol–water partition coefficient (Wildman–Crippen LogP) is 4.06. The second-order valence-electron chi connectivity index (χ2n) is 5.98. The average molecular weight is 253 g/mol. The fourth-order valence-electron chi connectivity index (χ4n) is 3.19. The van der Waals surface area contributed by atoms with Crippen LogP contribution < -0.4 is 0 Å². The van der Waals surface area contributed by atoms with Crippen LogP contribution >= 0.6 is 12.2 Å². The van der Waals surface area contributed by atoms with Crippen LogP contribution in [0.15, 0.2) is 0 Å². The molecule has 0 radical (unpaired) electrons. The summed E-state index contributed by atoms with van der Waals surface area (Å²) in [5.74, 6) is 3.12. The van der Waals surface area contributed by atoms with E-state index in [0.717, 1.165) is 22.4 Å². The molecule has 0 bridgehead atoms. The highest BCUT2D eigenvalue weighted by Gasteiger charge is 2.27. The highest BCUT2D eigenvalue weighted by Crippen LogP contribution is 2.37. The van der Waals surface area contributed by atoms with Gasteiger partial charge in [0.25, 0.3) is 0 Å². The molecule has 96 valence electrons. The summed E-state index contributed by atoms with van der Waals surface area (Å²) in [5.41, 5.74) is 0. The highest BCUT2D eigenvalue weighted by atomic mass is 32.1. The second-order valence-corrected chi connectivity index (χ2v) is 6.37. The summed E-state index contributed by atoms with van der Waals surface area (Å²) in [6.45, 7) is 9.05. The van der Waals surface area contributed by atoms with Crippen LogP contribution in [-0.2, 0) is 0 Å². The zero-order chi connectivity index (χ0) is 12.6. The maximum Gasteiger partial charge on any atom is 0.195 e. The third-order valence-corrected chi connectivity index (χ3v) is 4.05. The molecular weight excluding hydrogens is 230 g/mol. The summed E-state index contributed by atoms with van der Waals surface area (Å²) in [6.07, 6.45) is 3.81. The van der Waals surface area contributed by atoms with Crippen LogP contribution in [0.3, 0.4) is 0 Å². The minimum atomic E-state index is 0.426. The van der Waals surface area contributed by atoms with Crippen LogP contribution in [0.25, 0.3) is 0 Å². The Hall–Kier alpha value is -0.640. The smallest absolute Gasteiger partial charge is 0.195 e. The minimum Gasteiger partial charge on any atom is -0.301 e. The van der Waals surface area contributed by atoms with Crippen molar-refractivity contribution in [3.63, 3.8) is 0 Å². The summed E-state index contributed by atoms with van der Waals surface area (Å²) >= 11 is 5.40. The van der Waals surface area contributed by atoms with Crippen LogP contribution in [0.5, 0.6) is 0 Å². The van der Waals surface area contributed by atoms with Crippen molar-refractivity contribution < 1.29 is 0 Å². The minimum absolute atomic E-state index is 0.426. The number of rotatable bonds is 2. The first-order chi connectivity index (χ1) is 7.99. The Morgan fingerprint density at radius 1 is 1.24 bits per heavy atom. The summed E-state index contributed by atoms with van der Waals surface area (Å²) in [5, 5.41) is 7.35. The molecule has 1 heterocycles. The Morgan fingerprint density at radius 3 is 2.35 bits per heavy atom. The van der Waals surface area contributed by atoms with E-state index in [1.807, 2.05) is 0 Å². The normalized spacial score (nSPS) is 29.8. The van der Waals surface area contributed by atoms with E-state index in [1.165, 1.54) is 19.3 Å². The Morgan fingerprint density at radius 2 is 1.82 bits per heavy atom. The van der Waals surface area contributed by atoms with Crippen molar-refractivity contribution in [1.82, 2.24) is 14.8 Å². The number of nitrogens with one attached hydrogen (secondary N) is 1. The number of aromatic amines is 1. The number of hydrogen-bond donors (Lipinski definition) is 1. The van der Waals surface area contributed by atoms with Gasteiger partial charge in [-0.2, -0.15) is 5.10 Å². The molecule has 1 N–H and O–H groups in total. The van der Waals surface area contributed by atoms with Gasteiger partial charge in [-0.05, 0) is 43.3 Å². The SMILES string of the molecule is CC1CC(C)CC(n2c(C(C)C)n[nH]c2=S)C1. The molecule has 1 saturated carbocycles. The first-order valence-electron chi connectivity index (χ1n) is 6.65.